The van der Waals surface area contributed by atoms with Gasteiger partial charge in [0.25, 0.3) is 0 Å². The summed E-state index contributed by atoms with van der Waals surface area (Å²) >= 11 is 6.07. The lowest BCUT2D eigenvalue weighted by atomic mass is 9.38. The number of Topliss-reactive ketones (excluding diaryl/α,β-unsaturated/α-hetero) is 1. The Morgan fingerprint density at radius 3 is 2.30 bits per heavy atom. The van der Waals surface area contributed by atoms with Crippen molar-refractivity contribution in [2.75, 3.05) is 0 Å². The fourth-order valence-corrected chi connectivity index (χ4v) is 9.13. The summed E-state index contributed by atoms with van der Waals surface area (Å²) in [6, 6.07) is 15.2. The van der Waals surface area contributed by atoms with Crippen LogP contribution in [0.5, 0.6) is 0 Å². The zero-order chi connectivity index (χ0) is 28.5. The van der Waals surface area contributed by atoms with Gasteiger partial charge in [-0.05, 0) is 81.7 Å². The molecular formula is C30H34ClF2N3O3S. The van der Waals surface area contributed by atoms with Crippen LogP contribution >= 0.6 is 11.6 Å². The maximum Gasteiger partial charge on any atom is 0.243 e. The number of aliphatic imine (C=N–C) groups is 1. The minimum atomic E-state index is -3.78. The maximum absolute atomic E-state index is 13.9. The van der Waals surface area contributed by atoms with Crippen LogP contribution in [0.4, 0.5) is 8.78 Å². The van der Waals surface area contributed by atoms with Crippen molar-refractivity contribution < 1.29 is 22.0 Å². The van der Waals surface area contributed by atoms with E-state index in [4.69, 9.17) is 16.6 Å². The summed E-state index contributed by atoms with van der Waals surface area (Å²) < 4.78 is 55.2. The predicted octanol–water partition coefficient (Wildman–Crippen LogP) is 5.85. The van der Waals surface area contributed by atoms with Gasteiger partial charge in [-0.1, -0.05) is 41.9 Å². The number of amidine groups is 1. The van der Waals surface area contributed by atoms with Gasteiger partial charge >= 0.3 is 0 Å². The van der Waals surface area contributed by atoms with Gasteiger partial charge in [0.1, 0.15) is 11.9 Å². The highest BCUT2D eigenvalue weighted by Crippen LogP contribution is 2.71. The molecule has 4 fully saturated rings. The quantitative estimate of drug-likeness (QED) is 0.377. The van der Waals surface area contributed by atoms with E-state index in [1.807, 2.05) is 26.0 Å². The van der Waals surface area contributed by atoms with E-state index in [1.165, 1.54) is 0 Å². The first kappa shape index (κ1) is 27.8. The molecule has 4 aliphatic carbocycles. The molecule has 1 aliphatic heterocycles. The molecule has 214 valence electrons. The third-order valence-electron chi connectivity index (χ3n) is 9.41. The van der Waals surface area contributed by atoms with E-state index in [0.29, 0.717) is 37.1 Å². The third-order valence-corrected chi connectivity index (χ3v) is 11.6. The summed E-state index contributed by atoms with van der Waals surface area (Å²) in [4.78, 5) is 18.3. The molecule has 1 heterocycles. The standard InChI is InChI=1S/C30H34ClF2N3O3S/c1-28(2)25(24(37)14-20-12-21(13-20)26(32)33)34-27(35-28)29-16-30(17-29,18-29)36(15-19-8-10-22(31)11-9-19)40(38,39)23-6-4-3-5-7-23/h3-11,20-21,25-26H,12-18H2,1-2H3,(H,34,35)/t20?,21?,25-,29?,30?/m0/s1. The number of alkyl halides is 2. The normalized spacial score (nSPS) is 32.1. The van der Waals surface area contributed by atoms with Gasteiger partial charge in [0, 0.05) is 34.9 Å². The lowest BCUT2D eigenvalue weighted by Gasteiger charge is -2.73. The molecule has 5 aliphatic rings. The van der Waals surface area contributed by atoms with Gasteiger partial charge in [-0.25, -0.2) is 17.2 Å². The molecule has 1 atom stereocenters. The average molecular weight is 590 g/mol. The van der Waals surface area contributed by atoms with Gasteiger partial charge < -0.3 is 5.32 Å². The number of hydrogen-bond donors (Lipinski definition) is 1. The molecule has 0 amide bonds. The first-order valence-electron chi connectivity index (χ1n) is 13.8. The van der Waals surface area contributed by atoms with Crippen molar-refractivity contribution in [3.63, 3.8) is 0 Å². The molecule has 0 aromatic heterocycles. The highest BCUT2D eigenvalue weighted by molar-refractivity contribution is 7.89. The minimum Gasteiger partial charge on any atom is -0.366 e. The monoisotopic (exact) mass is 589 g/mol. The predicted molar refractivity (Wildman–Crippen MR) is 150 cm³/mol. The molecule has 40 heavy (non-hydrogen) atoms. The largest absolute Gasteiger partial charge is 0.366 e. The van der Waals surface area contributed by atoms with E-state index < -0.39 is 39.5 Å². The zero-order valence-electron chi connectivity index (χ0n) is 22.6. The summed E-state index contributed by atoms with van der Waals surface area (Å²) in [6.45, 7) is 4.13. The van der Waals surface area contributed by atoms with E-state index in [-0.39, 0.29) is 35.0 Å². The number of rotatable bonds is 10. The number of nitrogens with one attached hydrogen (secondary N) is 1. The van der Waals surface area contributed by atoms with Crippen molar-refractivity contribution >= 4 is 33.2 Å². The number of carbonyl (C=O) groups is 1. The van der Waals surface area contributed by atoms with Gasteiger partial charge in [0.15, 0.2) is 5.78 Å². The van der Waals surface area contributed by atoms with E-state index in [9.17, 15) is 22.0 Å². The van der Waals surface area contributed by atoms with Crippen molar-refractivity contribution in [2.45, 2.75) is 87.4 Å². The maximum atomic E-state index is 13.9. The number of halogens is 3. The van der Waals surface area contributed by atoms with Crippen molar-refractivity contribution in [1.29, 1.82) is 0 Å². The Morgan fingerprint density at radius 2 is 1.70 bits per heavy atom. The number of ketones is 1. The molecule has 0 saturated heterocycles. The molecule has 2 aromatic carbocycles. The molecule has 2 aromatic rings. The number of sulfonamides is 1. The number of benzene rings is 2. The van der Waals surface area contributed by atoms with Crippen LogP contribution in [0.1, 0.15) is 57.9 Å². The van der Waals surface area contributed by atoms with E-state index in [1.54, 1.807) is 46.8 Å². The molecule has 0 spiro atoms. The van der Waals surface area contributed by atoms with Crippen LogP contribution < -0.4 is 5.32 Å². The number of hydrogen-bond acceptors (Lipinski definition) is 5. The Labute approximate surface area is 239 Å². The van der Waals surface area contributed by atoms with Crippen molar-refractivity contribution in [3.05, 3.63) is 65.2 Å². The lowest BCUT2D eigenvalue weighted by Crippen LogP contribution is -2.78. The lowest BCUT2D eigenvalue weighted by molar-refractivity contribution is -0.151. The van der Waals surface area contributed by atoms with Gasteiger partial charge in [-0.3, -0.25) is 9.79 Å². The highest BCUT2D eigenvalue weighted by Gasteiger charge is 2.75. The number of nitrogens with zero attached hydrogens (tertiary/aromatic N) is 2. The Kier molecular flexibility index (Phi) is 6.67. The first-order chi connectivity index (χ1) is 18.8. The zero-order valence-corrected chi connectivity index (χ0v) is 24.2. The molecular weight excluding hydrogens is 556 g/mol. The molecule has 2 bridgehead atoms. The van der Waals surface area contributed by atoms with Crippen LogP contribution in [-0.2, 0) is 21.4 Å². The average Bonchev–Trinajstić information content (AvgIpc) is 3.15. The highest BCUT2D eigenvalue weighted by atomic mass is 35.5. The van der Waals surface area contributed by atoms with Crippen molar-refractivity contribution in [3.8, 4) is 0 Å². The van der Waals surface area contributed by atoms with E-state index in [2.05, 4.69) is 5.32 Å². The Hall–Kier alpha value is -2.36. The second-order valence-electron chi connectivity index (χ2n) is 12.8. The second-order valence-corrected chi connectivity index (χ2v) is 15.1. The van der Waals surface area contributed by atoms with Crippen molar-refractivity contribution in [2.24, 2.45) is 22.2 Å². The summed E-state index contributed by atoms with van der Waals surface area (Å²) in [5, 5.41) is 4.08. The van der Waals surface area contributed by atoms with Crippen LogP contribution in [0, 0.1) is 17.3 Å². The van der Waals surface area contributed by atoms with E-state index in [0.717, 1.165) is 11.4 Å². The van der Waals surface area contributed by atoms with Gasteiger partial charge in [0.2, 0.25) is 16.4 Å². The molecule has 0 unspecified atom stereocenters. The molecule has 4 saturated carbocycles. The van der Waals surface area contributed by atoms with Crippen LogP contribution in [0.3, 0.4) is 0 Å². The molecule has 1 N–H and O–H groups in total. The first-order valence-corrected chi connectivity index (χ1v) is 15.7. The van der Waals surface area contributed by atoms with Gasteiger partial charge in [-0.2, -0.15) is 4.31 Å². The van der Waals surface area contributed by atoms with Crippen LogP contribution in [0.25, 0.3) is 0 Å². The Bertz CT molecular complexity index is 1420. The van der Waals surface area contributed by atoms with Crippen LogP contribution in [-0.4, -0.2) is 47.9 Å². The Balaban J connectivity index is 1.20. The van der Waals surface area contributed by atoms with Gasteiger partial charge in [-0.15, -0.1) is 0 Å². The molecule has 6 nitrogen and oxygen atoms in total. The summed E-state index contributed by atoms with van der Waals surface area (Å²) in [5.74, 6) is 0.179. The number of carbonyl (C=O) groups excluding carboxylic acids is 1. The minimum absolute atomic E-state index is 0.00406. The summed E-state index contributed by atoms with van der Waals surface area (Å²) in [7, 11) is -3.78. The topological polar surface area (TPSA) is 78.8 Å². The molecule has 0 radical (unpaired) electrons. The van der Waals surface area contributed by atoms with Crippen molar-refractivity contribution in [1.82, 2.24) is 9.62 Å². The fraction of sp³-hybridized carbons (Fsp3) is 0.533. The van der Waals surface area contributed by atoms with E-state index >= 15 is 0 Å². The fourth-order valence-electron chi connectivity index (χ4n) is 7.23. The third kappa shape index (κ3) is 4.58. The van der Waals surface area contributed by atoms with Crippen LogP contribution in [0.15, 0.2) is 64.5 Å². The Morgan fingerprint density at radius 1 is 1.07 bits per heavy atom. The van der Waals surface area contributed by atoms with Crippen LogP contribution in [0.2, 0.25) is 5.02 Å². The van der Waals surface area contributed by atoms with Gasteiger partial charge in [0.05, 0.1) is 10.4 Å². The second kappa shape index (κ2) is 9.60. The smallest absolute Gasteiger partial charge is 0.243 e. The SMILES string of the molecule is CC1(C)NC(C23CC(N(Cc4ccc(Cl)cc4)S(=O)(=O)c4ccccc4)(C2)C3)=N[C@H]1C(=O)CC1CC(C(F)F)C1. The molecule has 7 rings (SSSR count). The summed E-state index contributed by atoms with van der Waals surface area (Å²) in [5.41, 5.74) is -0.537. The summed E-state index contributed by atoms with van der Waals surface area (Å²) in [6.07, 6.45) is 0.626. The molecule has 10 heteroatoms.